The minimum absolute atomic E-state index is 0.0470. The number of hydrogen-bond acceptors (Lipinski definition) is 4. The smallest absolute Gasteiger partial charge is 0.166 e. The maximum Gasteiger partial charge on any atom is 0.166 e. The Hall–Kier alpha value is -1.26. The van der Waals surface area contributed by atoms with Crippen molar-refractivity contribution in [2.24, 2.45) is 5.92 Å². The average Bonchev–Trinajstić information content (AvgIpc) is 3.13. The molecule has 1 aromatic carbocycles. The molecule has 0 aromatic heterocycles. The molecule has 2 aliphatic carbocycles. The number of rotatable bonds is 4. The number of methoxy groups -OCH3 is 1. The molecule has 1 unspecified atom stereocenters. The van der Waals surface area contributed by atoms with Crippen molar-refractivity contribution in [1.82, 2.24) is 5.32 Å². The summed E-state index contributed by atoms with van der Waals surface area (Å²) in [4.78, 5) is 0. The van der Waals surface area contributed by atoms with Gasteiger partial charge in [0.05, 0.1) is 24.2 Å². The standard InChI is InChI=1S/C20H25NO3/c1-19-16-12-5-6-13(22-2)17(16)23-18(19)14-7-8-20(19,24-14)15(9-12)21-10-11-3-4-11/h5-6,11,14-15,18,21H,3-4,7-10H2,1-2H3/t14-,15?,18+,19+,20-/m0/s1. The first-order valence-corrected chi connectivity index (χ1v) is 9.45. The van der Waals surface area contributed by atoms with Crippen LogP contribution in [0.15, 0.2) is 12.1 Å². The van der Waals surface area contributed by atoms with Crippen molar-refractivity contribution in [3.8, 4) is 11.5 Å². The third-order valence-electron chi connectivity index (χ3n) is 7.48. The number of fused-ring (bicyclic) bond motifs is 2. The molecular weight excluding hydrogens is 302 g/mol. The van der Waals surface area contributed by atoms with Gasteiger partial charge in [0.1, 0.15) is 6.10 Å². The van der Waals surface area contributed by atoms with Gasteiger partial charge in [0, 0.05) is 11.6 Å². The number of hydrogen-bond donors (Lipinski definition) is 1. The van der Waals surface area contributed by atoms with Crippen LogP contribution in [0.1, 0.15) is 43.7 Å². The zero-order valence-corrected chi connectivity index (χ0v) is 14.4. The lowest BCUT2D eigenvalue weighted by Crippen LogP contribution is -2.65. The summed E-state index contributed by atoms with van der Waals surface area (Å²) in [6.07, 6.45) is 6.44. The molecule has 2 saturated heterocycles. The van der Waals surface area contributed by atoms with Gasteiger partial charge in [0.15, 0.2) is 11.5 Å². The molecule has 5 atom stereocenters. The number of benzene rings is 1. The molecule has 1 saturated carbocycles. The summed E-state index contributed by atoms with van der Waals surface area (Å²) in [6.45, 7) is 3.52. The molecule has 1 spiro atoms. The monoisotopic (exact) mass is 327 g/mol. The number of ether oxygens (including phenoxy) is 3. The van der Waals surface area contributed by atoms with E-state index >= 15 is 0 Å². The topological polar surface area (TPSA) is 39.7 Å². The van der Waals surface area contributed by atoms with Gasteiger partial charge >= 0.3 is 0 Å². The molecule has 2 bridgehead atoms. The lowest BCUT2D eigenvalue weighted by atomic mass is 9.55. The highest BCUT2D eigenvalue weighted by molar-refractivity contribution is 5.63. The second-order valence-corrected chi connectivity index (χ2v) is 8.56. The Kier molecular flexibility index (Phi) is 2.49. The van der Waals surface area contributed by atoms with Crippen molar-refractivity contribution in [3.63, 3.8) is 0 Å². The first-order valence-electron chi connectivity index (χ1n) is 9.45. The molecule has 3 heterocycles. The van der Waals surface area contributed by atoms with E-state index in [9.17, 15) is 0 Å². The average molecular weight is 327 g/mol. The van der Waals surface area contributed by atoms with Crippen molar-refractivity contribution in [1.29, 1.82) is 0 Å². The largest absolute Gasteiger partial charge is 0.493 e. The molecule has 4 heteroatoms. The van der Waals surface area contributed by atoms with Crippen LogP contribution in [0, 0.1) is 5.92 Å². The Morgan fingerprint density at radius 1 is 1.29 bits per heavy atom. The fourth-order valence-electron chi connectivity index (χ4n) is 6.12. The lowest BCUT2D eigenvalue weighted by Gasteiger charge is -2.50. The van der Waals surface area contributed by atoms with Crippen molar-refractivity contribution < 1.29 is 14.2 Å². The molecule has 24 heavy (non-hydrogen) atoms. The van der Waals surface area contributed by atoms with Crippen molar-refractivity contribution in [3.05, 3.63) is 23.3 Å². The summed E-state index contributed by atoms with van der Waals surface area (Å²) in [6, 6.07) is 4.73. The normalized spacial score (nSPS) is 43.7. The minimum atomic E-state index is -0.109. The van der Waals surface area contributed by atoms with Crippen LogP contribution in [-0.4, -0.2) is 37.5 Å². The van der Waals surface area contributed by atoms with Gasteiger partial charge in [0.25, 0.3) is 0 Å². The van der Waals surface area contributed by atoms with Gasteiger partial charge < -0.3 is 19.5 Å². The second kappa shape index (κ2) is 4.28. The van der Waals surface area contributed by atoms with Crippen molar-refractivity contribution in [2.75, 3.05) is 13.7 Å². The molecule has 128 valence electrons. The zero-order chi connectivity index (χ0) is 16.1. The van der Waals surface area contributed by atoms with E-state index in [1.54, 1.807) is 7.11 Å². The van der Waals surface area contributed by atoms with Crippen LogP contribution in [0.3, 0.4) is 0 Å². The van der Waals surface area contributed by atoms with E-state index in [1.807, 2.05) is 0 Å². The fraction of sp³-hybridized carbons (Fsp3) is 0.700. The molecular formula is C20H25NO3. The van der Waals surface area contributed by atoms with Crippen LogP contribution in [-0.2, 0) is 16.6 Å². The summed E-state index contributed by atoms with van der Waals surface area (Å²) in [5.41, 5.74) is 2.64. The Morgan fingerprint density at radius 3 is 2.96 bits per heavy atom. The molecule has 4 nitrogen and oxygen atoms in total. The number of nitrogens with one attached hydrogen (secondary N) is 1. The molecule has 0 amide bonds. The van der Waals surface area contributed by atoms with E-state index in [0.29, 0.717) is 6.04 Å². The van der Waals surface area contributed by atoms with Crippen LogP contribution in [0.2, 0.25) is 0 Å². The van der Waals surface area contributed by atoms with Crippen molar-refractivity contribution >= 4 is 0 Å². The van der Waals surface area contributed by atoms with E-state index in [4.69, 9.17) is 14.2 Å². The molecule has 3 aliphatic heterocycles. The van der Waals surface area contributed by atoms with E-state index in [0.717, 1.165) is 43.2 Å². The maximum atomic E-state index is 6.69. The summed E-state index contributed by atoms with van der Waals surface area (Å²) >= 11 is 0. The van der Waals surface area contributed by atoms with Crippen LogP contribution < -0.4 is 14.8 Å². The van der Waals surface area contributed by atoms with E-state index in [1.165, 1.54) is 24.0 Å². The Labute approximate surface area is 142 Å². The molecule has 6 rings (SSSR count). The predicted octanol–water partition coefficient (Wildman–Crippen LogP) is 2.57. The molecule has 5 aliphatic rings. The van der Waals surface area contributed by atoms with Gasteiger partial charge in [-0.05, 0) is 63.1 Å². The molecule has 0 radical (unpaired) electrons. The summed E-state index contributed by atoms with van der Waals surface area (Å²) in [5.74, 6) is 2.75. The van der Waals surface area contributed by atoms with Gasteiger partial charge in [-0.25, -0.2) is 0 Å². The summed E-state index contributed by atoms with van der Waals surface area (Å²) in [7, 11) is 1.74. The van der Waals surface area contributed by atoms with Crippen LogP contribution in [0.4, 0.5) is 0 Å². The van der Waals surface area contributed by atoms with Gasteiger partial charge in [-0.15, -0.1) is 0 Å². The van der Waals surface area contributed by atoms with Gasteiger partial charge in [-0.3, -0.25) is 0 Å². The van der Waals surface area contributed by atoms with Gasteiger partial charge in [0.2, 0.25) is 0 Å². The predicted molar refractivity (Wildman–Crippen MR) is 89.8 cm³/mol. The Bertz CT molecular complexity index is 730. The SMILES string of the molecule is COc1ccc2c3c1O[C@@H]1[C@@H]4CC[C@](O4)(C(NCC4CC4)C2)[C@]31C. The highest BCUT2D eigenvalue weighted by Crippen LogP contribution is 2.67. The van der Waals surface area contributed by atoms with Crippen molar-refractivity contribution in [2.45, 2.75) is 68.3 Å². The van der Waals surface area contributed by atoms with Crippen LogP contribution in [0.5, 0.6) is 11.5 Å². The zero-order valence-electron chi connectivity index (χ0n) is 14.4. The first-order chi connectivity index (χ1) is 11.7. The van der Waals surface area contributed by atoms with Gasteiger partial charge in [-0.1, -0.05) is 6.07 Å². The summed E-state index contributed by atoms with van der Waals surface area (Å²) < 4.78 is 18.8. The molecule has 1 aromatic rings. The Morgan fingerprint density at radius 2 is 2.17 bits per heavy atom. The molecule has 3 fully saturated rings. The van der Waals surface area contributed by atoms with Gasteiger partial charge in [-0.2, -0.15) is 0 Å². The maximum absolute atomic E-state index is 6.69. The van der Waals surface area contributed by atoms with E-state index in [-0.39, 0.29) is 23.2 Å². The quantitative estimate of drug-likeness (QED) is 0.923. The molecule has 1 N–H and O–H groups in total. The first kappa shape index (κ1) is 14.0. The van der Waals surface area contributed by atoms with Crippen LogP contribution in [0.25, 0.3) is 0 Å². The minimum Gasteiger partial charge on any atom is -0.493 e. The fourth-order valence-corrected chi connectivity index (χ4v) is 6.12. The third-order valence-corrected chi connectivity index (χ3v) is 7.48. The Balaban J connectivity index is 1.51. The lowest BCUT2D eigenvalue weighted by molar-refractivity contribution is -0.0521. The highest BCUT2D eigenvalue weighted by Gasteiger charge is 2.75. The van der Waals surface area contributed by atoms with E-state index < -0.39 is 0 Å². The van der Waals surface area contributed by atoms with Crippen LogP contribution >= 0.6 is 0 Å². The second-order valence-electron chi connectivity index (χ2n) is 8.56. The third kappa shape index (κ3) is 1.41. The highest BCUT2D eigenvalue weighted by atomic mass is 16.6. The summed E-state index contributed by atoms with van der Waals surface area (Å²) in [5, 5.41) is 3.90. The van der Waals surface area contributed by atoms with E-state index in [2.05, 4.69) is 24.4 Å².